The second-order valence-corrected chi connectivity index (χ2v) is 5.69. The van der Waals surface area contributed by atoms with Crippen molar-refractivity contribution < 1.29 is 4.79 Å². The molecule has 0 saturated carbocycles. The van der Waals surface area contributed by atoms with E-state index in [1.165, 1.54) is 11.3 Å². The molecule has 0 aliphatic carbocycles. The Bertz CT molecular complexity index is 343. The third kappa shape index (κ3) is 3.97. The monoisotopic (exact) mass is 239 g/mol. The maximum atomic E-state index is 11.9. The molecule has 1 atom stereocenters. The maximum absolute atomic E-state index is 11.9. The second kappa shape index (κ2) is 6.04. The molecule has 1 N–H and O–H groups in total. The van der Waals surface area contributed by atoms with Gasteiger partial charge in [0.2, 0.25) is 0 Å². The normalized spacial score (nSPS) is 12.8. The fraction of sp³-hybridized carbons (Fsp3) is 0.615. The summed E-state index contributed by atoms with van der Waals surface area (Å²) in [5.41, 5.74) is 1.07. The maximum Gasteiger partial charge on any atom is 0.261 e. The second-order valence-electron chi connectivity index (χ2n) is 4.78. The lowest BCUT2D eigenvalue weighted by Crippen LogP contribution is -2.32. The largest absolute Gasteiger partial charge is 0.349 e. The minimum atomic E-state index is 0.0729. The third-order valence-corrected chi connectivity index (χ3v) is 3.64. The van der Waals surface area contributed by atoms with E-state index in [2.05, 4.69) is 26.1 Å². The molecule has 16 heavy (non-hydrogen) atoms. The summed E-state index contributed by atoms with van der Waals surface area (Å²) in [4.78, 5) is 12.7. The first-order chi connectivity index (χ1) is 7.50. The lowest BCUT2D eigenvalue weighted by molar-refractivity contribution is 0.0941. The summed E-state index contributed by atoms with van der Waals surface area (Å²) in [5, 5.41) is 5.01. The molecular weight excluding hydrogens is 218 g/mol. The molecule has 3 heteroatoms. The Balaban J connectivity index is 2.43. The highest BCUT2D eigenvalue weighted by atomic mass is 32.1. The summed E-state index contributed by atoms with van der Waals surface area (Å²) in [6, 6.07) is 2.25. The zero-order chi connectivity index (χ0) is 12.1. The van der Waals surface area contributed by atoms with Gasteiger partial charge >= 0.3 is 0 Å². The standard InChI is InChI=1S/C13H21NOS/c1-9(2)5-6-11(4)14-13(15)12-10(3)7-8-16-12/h7-9,11H,5-6H2,1-4H3,(H,14,15). The van der Waals surface area contributed by atoms with Gasteiger partial charge < -0.3 is 5.32 Å². The van der Waals surface area contributed by atoms with Gasteiger partial charge in [0.05, 0.1) is 4.88 Å². The van der Waals surface area contributed by atoms with Crippen LogP contribution >= 0.6 is 11.3 Å². The molecule has 0 aliphatic rings. The van der Waals surface area contributed by atoms with Crippen molar-refractivity contribution in [3.8, 4) is 0 Å². The molecule has 0 saturated heterocycles. The smallest absolute Gasteiger partial charge is 0.261 e. The Morgan fingerprint density at radius 2 is 2.06 bits per heavy atom. The van der Waals surface area contributed by atoms with E-state index < -0.39 is 0 Å². The van der Waals surface area contributed by atoms with Crippen LogP contribution in [0.15, 0.2) is 11.4 Å². The topological polar surface area (TPSA) is 29.1 Å². The van der Waals surface area contributed by atoms with Crippen LogP contribution < -0.4 is 5.32 Å². The number of hydrogen-bond acceptors (Lipinski definition) is 2. The van der Waals surface area contributed by atoms with Crippen LogP contribution in [-0.2, 0) is 0 Å². The van der Waals surface area contributed by atoms with Crippen LogP contribution in [0, 0.1) is 12.8 Å². The number of carbonyl (C=O) groups excluding carboxylic acids is 1. The highest BCUT2D eigenvalue weighted by molar-refractivity contribution is 7.12. The van der Waals surface area contributed by atoms with Crippen LogP contribution in [0.1, 0.15) is 48.8 Å². The minimum Gasteiger partial charge on any atom is -0.349 e. The molecule has 2 nitrogen and oxygen atoms in total. The van der Waals surface area contributed by atoms with Crippen LogP contribution in [-0.4, -0.2) is 11.9 Å². The quantitative estimate of drug-likeness (QED) is 0.835. The van der Waals surface area contributed by atoms with Crippen molar-refractivity contribution in [2.75, 3.05) is 0 Å². The van der Waals surface area contributed by atoms with Gasteiger partial charge in [0.1, 0.15) is 0 Å². The number of carbonyl (C=O) groups is 1. The van der Waals surface area contributed by atoms with Gasteiger partial charge in [-0.2, -0.15) is 0 Å². The van der Waals surface area contributed by atoms with Gasteiger partial charge in [-0.05, 0) is 49.6 Å². The van der Waals surface area contributed by atoms with Crippen molar-refractivity contribution in [3.05, 3.63) is 21.9 Å². The number of aryl methyl sites for hydroxylation is 1. The molecule has 0 aliphatic heterocycles. The summed E-state index contributed by atoms with van der Waals surface area (Å²) >= 11 is 1.51. The predicted octanol–water partition coefficient (Wildman–Crippen LogP) is 3.61. The molecule has 90 valence electrons. The first-order valence-corrected chi connectivity index (χ1v) is 6.73. The Hall–Kier alpha value is -0.830. The van der Waals surface area contributed by atoms with Crippen molar-refractivity contribution in [3.63, 3.8) is 0 Å². The van der Waals surface area contributed by atoms with Gasteiger partial charge in [0.25, 0.3) is 5.91 Å². The van der Waals surface area contributed by atoms with Crippen molar-refractivity contribution >= 4 is 17.2 Å². The van der Waals surface area contributed by atoms with E-state index in [0.29, 0.717) is 5.92 Å². The first kappa shape index (κ1) is 13.2. The van der Waals surface area contributed by atoms with Gasteiger partial charge in [-0.1, -0.05) is 13.8 Å². The molecule has 0 aromatic carbocycles. The van der Waals surface area contributed by atoms with Gasteiger partial charge in [0, 0.05) is 6.04 Å². The summed E-state index contributed by atoms with van der Waals surface area (Å²) in [6.07, 6.45) is 2.21. The lowest BCUT2D eigenvalue weighted by Gasteiger charge is -2.14. The fourth-order valence-corrected chi connectivity index (χ4v) is 2.38. The fourth-order valence-electron chi connectivity index (χ4n) is 1.55. The van der Waals surface area contributed by atoms with Crippen molar-refractivity contribution in [2.45, 2.75) is 46.6 Å². The zero-order valence-electron chi connectivity index (χ0n) is 10.5. The van der Waals surface area contributed by atoms with Crippen LogP contribution in [0.5, 0.6) is 0 Å². The van der Waals surface area contributed by atoms with Gasteiger partial charge in [-0.25, -0.2) is 0 Å². The minimum absolute atomic E-state index is 0.0729. The summed E-state index contributed by atoms with van der Waals surface area (Å²) in [5.74, 6) is 0.770. The van der Waals surface area contributed by atoms with E-state index in [4.69, 9.17) is 0 Å². The Morgan fingerprint density at radius 3 is 2.56 bits per heavy atom. The van der Waals surface area contributed by atoms with Crippen LogP contribution in [0.25, 0.3) is 0 Å². The zero-order valence-corrected chi connectivity index (χ0v) is 11.4. The average Bonchev–Trinajstić information content (AvgIpc) is 2.61. The molecule has 1 unspecified atom stereocenters. The van der Waals surface area contributed by atoms with Crippen LogP contribution in [0.2, 0.25) is 0 Å². The number of nitrogens with one attached hydrogen (secondary N) is 1. The summed E-state index contributed by atoms with van der Waals surface area (Å²) < 4.78 is 0. The highest BCUT2D eigenvalue weighted by Gasteiger charge is 2.13. The van der Waals surface area contributed by atoms with E-state index in [1.807, 2.05) is 18.4 Å². The molecule has 1 aromatic heterocycles. The van der Waals surface area contributed by atoms with E-state index >= 15 is 0 Å². The number of hydrogen-bond donors (Lipinski definition) is 1. The molecule has 1 rings (SSSR count). The number of thiophene rings is 1. The molecule has 1 amide bonds. The number of amides is 1. The molecule has 0 bridgehead atoms. The van der Waals surface area contributed by atoms with Gasteiger partial charge in [0.15, 0.2) is 0 Å². The number of rotatable bonds is 5. The van der Waals surface area contributed by atoms with Gasteiger partial charge in [-0.3, -0.25) is 4.79 Å². The molecule has 0 radical (unpaired) electrons. The highest BCUT2D eigenvalue weighted by Crippen LogP contribution is 2.16. The van der Waals surface area contributed by atoms with Crippen molar-refractivity contribution in [1.82, 2.24) is 5.32 Å². The third-order valence-electron chi connectivity index (χ3n) is 2.62. The molecule has 0 fully saturated rings. The van der Waals surface area contributed by atoms with Crippen LogP contribution in [0.4, 0.5) is 0 Å². The first-order valence-electron chi connectivity index (χ1n) is 5.85. The predicted molar refractivity (Wildman–Crippen MR) is 70.1 cm³/mol. The summed E-state index contributed by atoms with van der Waals surface area (Å²) in [7, 11) is 0. The van der Waals surface area contributed by atoms with Crippen molar-refractivity contribution in [2.24, 2.45) is 5.92 Å². The SMILES string of the molecule is Cc1ccsc1C(=O)NC(C)CCC(C)C. The van der Waals surface area contributed by atoms with Crippen molar-refractivity contribution in [1.29, 1.82) is 0 Å². The van der Waals surface area contributed by atoms with E-state index in [9.17, 15) is 4.79 Å². The summed E-state index contributed by atoms with van der Waals surface area (Å²) in [6.45, 7) is 8.46. The van der Waals surface area contributed by atoms with E-state index in [1.54, 1.807) is 0 Å². The average molecular weight is 239 g/mol. The Kier molecular flexibility index (Phi) is 5.00. The molecule has 1 aromatic rings. The lowest BCUT2D eigenvalue weighted by atomic mass is 10.0. The molecule has 0 spiro atoms. The van der Waals surface area contributed by atoms with E-state index in [-0.39, 0.29) is 11.9 Å². The molecule has 1 heterocycles. The Morgan fingerprint density at radius 1 is 1.38 bits per heavy atom. The van der Waals surface area contributed by atoms with Crippen LogP contribution in [0.3, 0.4) is 0 Å². The molecular formula is C13H21NOS. The van der Waals surface area contributed by atoms with Gasteiger partial charge in [-0.15, -0.1) is 11.3 Å². The Labute approximate surface area is 102 Å². The van der Waals surface area contributed by atoms with E-state index in [0.717, 1.165) is 23.3 Å².